The second-order valence-corrected chi connectivity index (χ2v) is 6.24. The molecule has 2 fully saturated rings. The van der Waals surface area contributed by atoms with Crippen LogP contribution in [0.1, 0.15) is 37.4 Å². The number of hydrogen-bond acceptors (Lipinski definition) is 2. The van der Waals surface area contributed by atoms with Gasteiger partial charge < -0.3 is 10.1 Å². The molecule has 104 valence electrons. The van der Waals surface area contributed by atoms with Gasteiger partial charge >= 0.3 is 0 Å². The van der Waals surface area contributed by atoms with Crippen molar-refractivity contribution in [1.82, 2.24) is 5.32 Å². The van der Waals surface area contributed by atoms with E-state index in [1.165, 1.54) is 42.0 Å². The molecule has 20 heavy (non-hydrogen) atoms. The molecule has 0 bridgehead atoms. The minimum atomic E-state index is 0.187. The van der Waals surface area contributed by atoms with Crippen molar-refractivity contribution in [1.29, 1.82) is 0 Å². The molecule has 4 rings (SSSR count). The number of hydrogen-bond donors (Lipinski definition) is 1. The minimum absolute atomic E-state index is 0.187. The van der Waals surface area contributed by atoms with Crippen molar-refractivity contribution in [2.24, 2.45) is 0 Å². The van der Waals surface area contributed by atoms with Gasteiger partial charge in [-0.25, -0.2) is 0 Å². The number of ether oxygens (including phenoxy) is 1. The fourth-order valence-electron chi connectivity index (χ4n) is 3.78. The van der Waals surface area contributed by atoms with Crippen molar-refractivity contribution in [2.75, 3.05) is 13.2 Å². The van der Waals surface area contributed by atoms with E-state index in [1.54, 1.807) is 0 Å². The van der Waals surface area contributed by atoms with Crippen LogP contribution in [-0.4, -0.2) is 18.7 Å². The van der Waals surface area contributed by atoms with E-state index in [9.17, 15) is 0 Å². The fraction of sp³-hybridized carbons (Fsp3) is 0.444. The average Bonchev–Trinajstić information content (AvgIpc) is 2.96. The maximum absolute atomic E-state index is 6.25. The van der Waals surface area contributed by atoms with Crippen LogP contribution in [0.3, 0.4) is 0 Å². The summed E-state index contributed by atoms with van der Waals surface area (Å²) in [6, 6.07) is 15.1. The second kappa shape index (κ2) is 4.87. The van der Waals surface area contributed by atoms with Crippen molar-refractivity contribution in [3.8, 4) is 0 Å². The van der Waals surface area contributed by atoms with Gasteiger partial charge in [0, 0.05) is 12.1 Å². The van der Waals surface area contributed by atoms with Gasteiger partial charge in [-0.2, -0.15) is 0 Å². The zero-order valence-electron chi connectivity index (χ0n) is 11.8. The lowest BCUT2D eigenvalue weighted by Crippen LogP contribution is -2.53. The molecule has 2 nitrogen and oxygen atoms in total. The van der Waals surface area contributed by atoms with Crippen LogP contribution < -0.4 is 5.32 Å². The highest BCUT2D eigenvalue weighted by molar-refractivity contribution is 5.86. The van der Waals surface area contributed by atoms with Gasteiger partial charge in [0.1, 0.15) is 0 Å². The maximum atomic E-state index is 6.25. The quantitative estimate of drug-likeness (QED) is 0.848. The molecule has 1 saturated carbocycles. The molecule has 2 aromatic rings. The standard InChI is InChI=1S/C18H21NO/c1-2-8-15-14(6-1)7-5-9-16(15)17-12-19-18(13-20-17)10-3-4-11-18/h1-2,5-9,17,19H,3-4,10-13H2. The minimum Gasteiger partial charge on any atom is -0.370 e. The lowest BCUT2D eigenvalue weighted by atomic mass is 9.94. The van der Waals surface area contributed by atoms with Gasteiger partial charge in [0.15, 0.2) is 0 Å². The predicted octanol–water partition coefficient (Wildman–Crippen LogP) is 3.81. The summed E-state index contributed by atoms with van der Waals surface area (Å²) in [5.74, 6) is 0. The summed E-state index contributed by atoms with van der Waals surface area (Å²) in [7, 11) is 0. The van der Waals surface area contributed by atoms with Crippen molar-refractivity contribution < 1.29 is 4.74 Å². The first-order chi connectivity index (χ1) is 9.86. The Kier molecular flexibility index (Phi) is 3.01. The van der Waals surface area contributed by atoms with Gasteiger partial charge in [0.2, 0.25) is 0 Å². The Morgan fingerprint density at radius 1 is 1.00 bits per heavy atom. The summed E-state index contributed by atoms with van der Waals surface area (Å²) in [5, 5.41) is 6.41. The SMILES string of the molecule is c1ccc2c(C3CNC4(CCCC4)CO3)cccc2c1. The molecular weight excluding hydrogens is 246 g/mol. The highest BCUT2D eigenvalue weighted by atomic mass is 16.5. The van der Waals surface area contributed by atoms with Crippen molar-refractivity contribution in [2.45, 2.75) is 37.3 Å². The topological polar surface area (TPSA) is 21.3 Å². The molecule has 0 aromatic heterocycles. The van der Waals surface area contributed by atoms with Crippen molar-refractivity contribution >= 4 is 10.8 Å². The Hall–Kier alpha value is -1.38. The highest BCUT2D eigenvalue weighted by Crippen LogP contribution is 2.36. The summed E-state index contributed by atoms with van der Waals surface area (Å²) in [5.41, 5.74) is 1.60. The number of morpholine rings is 1. The summed E-state index contributed by atoms with van der Waals surface area (Å²) in [6.45, 7) is 1.80. The lowest BCUT2D eigenvalue weighted by molar-refractivity contribution is -0.0319. The molecule has 1 aliphatic heterocycles. The summed E-state index contributed by atoms with van der Waals surface area (Å²) < 4.78 is 6.25. The number of rotatable bonds is 1. The molecule has 1 spiro atoms. The molecule has 1 unspecified atom stereocenters. The molecule has 1 heterocycles. The van der Waals surface area contributed by atoms with E-state index in [0.717, 1.165) is 13.2 Å². The largest absolute Gasteiger partial charge is 0.370 e. The summed E-state index contributed by atoms with van der Waals surface area (Å²) >= 11 is 0. The van der Waals surface area contributed by atoms with Gasteiger partial charge in [-0.3, -0.25) is 0 Å². The highest BCUT2D eigenvalue weighted by Gasteiger charge is 2.38. The Morgan fingerprint density at radius 2 is 1.80 bits per heavy atom. The molecule has 1 saturated heterocycles. The average molecular weight is 267 g/mol. The first-order valence-corrected chi connectivity index (χ1v) is 7.71. The first-order valence-electron chi connectivity index (χ1n) is 7.71. The van der Waals surface area contributed by atoms with Crippen LogP contribution in [0.5, 0.6) is 0 Å². The van der Waals surface area contributed by atoms with Crippen LogP contribution in [0, 0.1) is 0 Å². The maximum Gasteiger partial charge on any atom is 0.0956 e. The monoisotopic (exact) mass is 267 g/mol. The fourth-order valence-corrected chi connectivity index (χ4v) is 3.78. The van der Waals surface area contributed by atoms with E-state index in [0.29, 0.717) is 0 Å². The third-order valence-corrected chi connectivity index (χ3v) is 4.95. The molecule has 1 aliphatic carbocycles. The van der Waals surface area contributed by atoms with Crippen LogP contribution >= 0.6 is 0 Å². The molecule has 2 aliphatic rings. The smallest absolute Gasteiger partial charge is 0.0956 e. The molecule has 2 aromatic carbocycles. The van der Waals surface area contributed by atoms with E-state index in [-0.39, 0.29) is 11.6 Å². The molecule has 0 amide bonds. The molecule has 1 atom stereocenters. The number of benzene rings is 2. The molecular formula is C18H21NO. The normalized spacial score (nSPS) is 25.3. The number of fused-ring (bicyclic) bond motifs is 1. The van der Waals surface area contributed by atoms with Gasteiger partial charge in [-0.15, -0.1) is 0 Å². The summed E-state index contributed by atoms with van der Waals surface area (Å²) in [4.78, 5) is 0. The Balaban J connectivity index is 1.61. The van der Waals surface area contributed by atoms with Crippen molar-refractivity contribution in [3.63, 3.8) is 0 Å². The summed E-state index contributed by atoms with van der Waals surface area (Å²) in [6.07, 6.45) is 5.42. The van der Waals surface area contributed by atoms with Gasteiger partial charge in [0.05, 0.1) is 12.7 Å². The van der Waals surface area contributed by atoms with Crippen LogP contribution in [0.2, 0.25) is 0 Å². The van der Waals surface area contributed by atoms with E-state index >= 15 is 0 Å². The number of nitrogens with one attached hydrogen (secondary N) is 1. The molecule has 2 heteroatoms. The molecule has 1 N–H and O–H groups in total. The lowest BCUT2D eigenvalue weighted by Gasteiger charge is -2.39. The Morgan fingerprint density at radius 3 is 2.60 bits per heavy atom. The van der Waals surface area contributed by atoms with Gasteiger partial charge in [0.25, 0.3) is 0 Å². The zero-order valence-corrected chi connectivity index (χ0v) is 11.8. The Labute approximate surface area is 120 Å². The van der Waals surface area contributed by atoms with Gasteiger partial charge in [-0.1, -0.05) is 55.3 Å². The third-order valence-electron chi connectivity index (χ3n) is 4.95. The first kappa shape index (κ1) is 12.4. The third kappa shape index (κ3) is 2.04. The van der Waals surface area contributed by atoms with Crippen LogP contribution in [-0.2, 0) is 4.74 Å². The predicted molar refractivity (Wildman–Crippen MR) is 81.8 cm³/mol. The van der Waals surface area contributed by atoms with Crippen LogP contribution in [0.4, 0.5) is 0 Å². The van der Waals surface area contributed by atoms with E-state index < -0.39 is 0 Å². The van der Waals surface area contributed by atoms with Crippen molar-refractivity contribution in [3.05, 3.63) is 48.0 Å². The van der Waals surface area contributed by atoms with Crippen LogP contribution in [0.15, 0.2) is 42.5 Å². The van der Waals surface area contributed by atoms with Crippen LogP contribution in [0.25, 0.3) is 10.8 Å². The van der Waals surface area contributed by atoms with Gasteiger partial charge in [-0.05, 0) is 29.2 Å². The van der Waals surface area contributed by atoms with E-state index in [1.807, 2.05) is 0 Å². The molecule has 0 radical (unpaired) electrons. The Bertz CT molecular complexity index is 600. The van der Waals surface area contributed by atoms with E-state index in [2.05, 4.69) is 47.8 Å². The second-order valence-electron chi connectivity index (χ2n) is 6.24. The zero-order chi connectivity index (χ0) is 13.4. The van der Waals surface area contributed by atoms with E-state index in [4.69, 9.17) is 4.74 Å².